The molecular formula is C31H37ClN2O6. The van der Waals surface area contributed by atoms with Crippen LogP contribution in [0.1, 0.15) is 73.2 Å². The first-order valence-corrected chi connectivity index (χ1v) is 14.5. The summed E-state index contributed by atoms with van der Waals surface area (Å²) in [5, 5.41) is 10.2. The summed E-state index contributed by atoms with van der Waals surface area (Å²) in [4.78, 5) is 38.9. The van der Waals surface area contributed by atoms with Gasteiger partial charge in [0.1, 0.15) is 12.5 Å². The fourth-order valence-corrected chi connectivity index (χ4v) is 6.62. The maximum Gasteiger partial charge on any atom is 0.306 e. The number of fused-ring (bicyclic) bond motifs is 1. The number of imide groups is 1. The van der Waals surface area contributed by atoms with E-state index in [9.17, 15) is 19.5 Å². The van der Waals surface area contributed by atoms with Gasteiger partial charge in [-0.05, 0) is 79.3 Å². The molecule has 1 aliphatic heterocycles. The van der Waals surface area contributed by atoms with Crippen LogP contribution in [-0.2, 0) is 38.7 Å². The molecule has 2 aliphatic carbocycles. The predicted octanol–water partition coefficient (Wildman–Crippen LogP) is 5.35. The van der Waals surface area contributed by atoms with Gasteiger partial charge in [-0.15, -0.1) is 0 Å². The number of nitrogens with zero attached hydrogens (tertiary/aromatic N) is 2. The van der Waals surface area contributed by atoms with Gasteiger partial charge in [-0.2, -0.15) is 0 Å². The minimum absolute atomic E-state index is 0.0500. The Bertz CT molecular complexity index is 1240. The number of aryl methyl sites for hydroxylation is 1. The van der Waals surface area contributed by atoms with Crippen LogP contribution in [0, 0.1) is 11.8 Å². The molecule has 1 heterocycles. The SMILES string of the molecule is COc1cc(CN(CC2CCC(C(=O)O)CC2)[C@H]2CCc3cc(Cl)ccc32)ccc1COCN1C(=O)CCC1=O. The number of hydrogen-bond acceptors (Lipinski definition) is 6. The van der Waals surface area contributed by atoms with Crippen LogP contribution in [-0.4, -0.2) is 53.1 Å². The molecule has 1 saturated carbocycles. The van der Waals surface area contributed by atoms with E-state index in [0.29, 0.717) is 11.7 Å². The summed E-state index contributed by atoms with van der Waals surface area (Å²) in [6.45, 7) is 1.82. The second-order valence-electron chi connectivity index (χ2n) is 11.2. The number of benzene rings is 2. The highest BCUT2D eigenvalue weighted by Gasteiger charge is 2.33. The van der Waals surface area contributed by atoms with E-state index in [4.69, 9.17) is 21.1 Å². The Hall–Kier alpha value is -2.94. The first kappa shape index (κ1) is 28.6. The lowest BCUT2D eigenvalue weighted by atomic mass is 9.81. The van der Waals surface area contributed by atoms with Crippen LogP contribution in [0.15, 0.2) is 36.4 Å². The van der Waals surface area contributed by atoms with Gasteiger partial charge < -0.3 is 14.6 Å². The smallest absolute Gasteiger partial charge is 0.306 e. The maximum absolute atomic E-state index is 11.9. The number of methoxy groups -OCH3 is 1. The molecule has 0 spiro atoms. The molecule has 0 radical (unpaired) electrons. The molecule has 40 heavy (non-hydrogen) atoms. The minimum Gasteiger partial charge on any atom is -0.496 e. The molecule has 9 heteroatoms. The van der Waals surface area contributed by atoms with Crippen molar-refractivity contribution in [3.63, 3.8) is 0 Å². The second kappa shape index (κ2) is 12.7. The molecule has 0 aromatic heterocycles. The number of likely N-dealkylation sites (tertiary alicyclic amines) is 1. The topological polar surface area (TPSA) is 96.4 Å². The van der Waals surface area contributed by atoms with Gasteiger partial charge in [0.15, 0.2) is 0 Å². The Kier molecular flexibility index (Phi) is 9.08. The highest BCUT2D eigenvalue weighted by atomic mass is 35.5. The van der Waals surface area contributed by atoms with Crippen LogP contribution in [0.3, 0.4) is 0 Å². The summed E-state index contributed by atoms with van der Waals surface area (Å²) in [5.41, 5.74) is 4.60. The lowest BCUT2D eigenvalue weighted by Gasteiger charge is -2.35. The largest absolute Gasteiger partial charge is 0.496 e. The summed E-state index contributed by atoms with van der Waals surface area (Å²) < 4.78 is 11.4. The van der Waals surface area contributed by atoms with E-state index < -0.39 is 5.97 Å². The predicted molar refractivity (Wildman–Crippen MR) is 150 cm³/mol. The van der Waals surface area contributed by atoms with Gasteiger partial charge in [-0.3, -0.25) is 24.2 Å². The minimum atomic E-state index is -0.674. The van der Waals surface area contributed by atoms with Crippen molar-refractivity contribution in [2.75, 3.05) is 20.4 Å². The standard InChI is InChI=1S/C31H37ClN2O6/c1-39-28-14-21(4-7-24(28)18-40-19-34-29(35)12-13-30(34)36)17-33(16-20-2-5-22(6-3-20)31(37)38)27-11-8-23-15-25(32)9-10-26(23)27/h4,7,9-10,14-15,20,22,27H,2-3,5-6,8,11-13,16-19H2,1H3,(H,37,38)/t20?,22?,27-/m0/s1. The van der Waals surface area contributed by atoms with E-state index in [-0.39, 0.29) is 50.0 Å². The number of aliphatic carboxylic acids is 1. The first-order chi connectivity index (χ1) is 19.3. The number of halogens is 1. The van der Waals surface area contributed by atoms with E-state index in [0.717, 1.165) is 72.7 Å². The lowest BCUT2D eigenvalue weighted by molar-refractivity contribution is -0.145. The molecule has 2 aromatic rings. The van der Waals surface area contributed by atoms with Gasteiger partial charge in [-0.1, -0.05) is 29.8 Å². The van der Waals surface area contributed by atoms with E-state index in [1.165, 1.54) is 11.1 Å². The monoisotopic (exact) mass is 568 g/mol. The third-order valence-electron chi connectivity index (χ3n) is 8.65. The van der Waals surface area contributed by atoms with Crippen LogP contribution in [0.25, 0.3) is 0 Å². The van der Waals surface area contributed by atoms with Crippen LogP contribution < -0.4 is 4.74 Å². The summed E-state index contributed by atoms with van der Waals surface area (Å²) in [5.74, 6) is -0.125. The number of carboxylic acid groups (broad SMARTS) is 1. The van der Waals surface area contributed by atoms with Gasteiger partial charge in [0.2, 0.25) is 11.8 Å². The molecule has 0 bridgehead atoms. The number of amides is 2. The molecule has 214 valence electrons. The van der Waals surface area contributed by atoms with Crippen LogP contribution in [0.2, 0.25) is 5.02 Å². The lowest BCUT2D eigenvalue weighted by Crippen LogP contribution is -2.34. The van der Waals surface area contributed by atoms with E-state index >= 15 is 0 Å². The Morgan fingerprint density at radius 2 is 1.77 bits per heavy atom. The van der Waals surface area contributed by atoms with E-state index in [1.807, 2.05) is 18.2 Å². The van der Waals surface area contributed by atoms with Crippen molar-refractivity contribution < 1.29 is 29.0 Å². The van der Waals surface area contributed by atoms with Crippen molar-refractivity contribution >= 4 is 29.4 Å². The van der Waals surface area contributed by atoms with E-state index in [1.54, 1.807) is 7.11 Å². The number of carbonyl (C=O) groups excluding carboxylic acids is 2. The Morgan fingerprint density at radius 1 is 1.02 bits per heavy atom. The van der Waals surface area contributed by atoms with E-state index in [2.05, 4.69) is 23.1 Å². The van der Waals surface area contributed by atoms with Crippen LogP contribution >= 0.6 is 11.6 Å². The number of ether oxygens (including phenoxy) is 2. The summed E-state index contributed by atoms with van der Waals surface area (Å²) in [6, 6.07) is 12.6. The molecule has 3 aliphatic rings. The van der Waals surface area contributed by atoms with Gasteiger partial charge in [-0.25, -0.2) is 0 Å². The van der Waals surface area contributed by atoms with Crippen molar-refractivity contribution in [3.8, 4) is 5.75 Å². The zero-order valence-electron chi connectivity index (χ0n) is 22.9. The zero-order chi connectivity index (χ0) is 28.2. The first-order valence-electron chi connectivity index (χ1n) is 14.1. The zero-order valence-corrected chi connectivity index (χ0v) is 23.7. The average molecular weight is 569 g/mol. The molecule has 8 nitrogen and oxygen atoms in total. The molecule has 0 unspecified atom stereocenters. The highest BCUT2D eigenvalue weighted by molar-refractivity contribution is 6.30. The fourth-order valence-electron chi connectivity index (χ4n) is 6.42. The molecule has 2 amide bonds. The highest BCUT2D eigenvalue weighted by Crippen LogP contribution is 2.40. The number of rotatable bonds is 11. The second-order valence-corrected chi connectivity index (χ2v) is 11.7. The van der Waals surface area contributed by atoms with Gasteiger partial charge >= 0.3 is 5.97 Å². The molecule has 1 saturated heterocycles. The fraction of sp³-hybridized carbons (Fsp3) is 0.516. The van der Waals surface area contributed by atoms with Crippen molar-refractivity contribution in [1.29, 1.82) is 0 Å². The van der Waals surface area contributed by atoms with Crippen molar-refractivity contribution in [2.24, 2.45) is 11.8 Å². The average Bonchev–Trinajstić information content (AvgIpc) is 3.51. The molecule has 5 rings (SSSR count). The number of carboxylic acids is 1. The molecule has 2 aromatic carbocycles. The molecule has 2 fully saturated rings. The normalized spacial score (nSPS) is 22.7. The number of carbonyl (C=O) groups is 3. The molecule has 1 N–H and O–H groups in total. The summed E-state index contributed by atoms with van der Waals surface area (Å²) >= 11 is 6.29. The molecular weight excluding hydrogens is 532 g/mol. The van der Waals surface area contributed by atoms with Crippen molar-refractivity contribution in [1.82, 2.24) is 9.80 Å². The van der Waals surface area contributed by atoms with Gasteiger partial charge in [0.05, 0.1) is 19.6 Å². The van der Waals surface area contributed by atoms with Crippen molar-refractivity contribution in [2.45, 2.75) is 70.6 Å². The molecule has 1 atom stereocenters. The van der Waals surface area contributed by atoms with Gasteiger partial charge in [0.25, 0.3) is 0 Å². The van der Waals surface area contributed by atoms with Crippen LogP contribution in [0.5, 0.6) is 5.75 Å². The van der Waals surface area contributed by atoms with Crippen LogP contribution in [0.4, 0.5) is 0 Å². The number of hydrogen-bond donors (Lipinski definition) is 1. The maximum atomic E-state index is 11.9. The summed E-state index contributed by atoms with van der Waals surface area (Å²) in [6.07, 6.45) is 5.84. The third-order valence-corrected chi connectivity index (χ3v) is 8.89. The van der Waals surface area contributed by atoms with Gasteiger partial charge in [0, 0.05) is 42.6 Å². The van der Waals surface area contributed by atoms with Crippen molar-refractivity contribution in [3.05, 3.63) is 63.7 Å². The quantitative estimate of drug-likeness (QED) is 0.365. The summed E-state index contributed by atoms with van der Waals surface area (Å²) in [7, 11) is 1.63. The third kappa shape index (κ3) is 6.51. The Labute approximate surface area is 240 Å². The Balaban J connectivity index is 1.29. The Morgan fingerprint density at radius 3 is 2.48 bits per heavy atom.